The number of phenols is 1. The van der Waals surface area contributed by atoms with Gasteiger partial charge >= 0.3 is 0 Å². The molecule has 0 spiro atoms. The van der Waals surface area contributed by atoms with Crippen molar-refractivity contribution in [3.8, 4) is 11.5 Å². The zero-order valence-electron chi connectivity index (χ0n) is 14.5. The summed E-state index contributed by atoms with van der Waals surface area (Å²) in [5.41, 5.74) is 6.08. The van der Waals surface area contributed by atoms with E-state index in [1.165, 1.54) is 7.11 Å². The predicted molar refractivity (Wildman–Crippen MR) is 112 cm³/mol. The number of rotatable bonds is 4. The summed E-state index contributed by atoms with van der Waals surface area (Å²) in [4.78, 5) is 4.51. The summed E-state index contributed by atoms with van der Waals surface area (Å²) in [6.45, 7) is 0. The van der Waals surface area contributed by atoms with Crippen molar-refractivity contribution in [2.75, 3.05) is 12.5 Å². The first-order valence-corrected chi connectivity index (χ1v) is 9.10. The summed E-state index contributed by atoms with van der Waals surface area (Å²) in [5, 5.41) is 23.4. The highest BCUT2D eigenvalue weighted by molar-refractivity contribution is 14.1. The molecule has 0 bridgehead atoms. The molecule has 4 aromatic rings. The second-order valence-corrected chi connectivity index (χ2v) is 6.97. The molecule has 136 valence electrons. The van der Waals surface area contributed by atoms with Crippen LogP contribution in [0.3, 0.4) is 0 Å². The number of phenolic OH excluding ortho intramolecular Hbond substituents is 1. The van der Waals surface area contributed by atoms with Crippen molar-refractivity contribution in [3.63, 3.8) is 0 Å². The SMILES string of the molecule is COc1cc(/C=N/Nc2nnc3c4ccccc4n(C)c3n2)cc(I)c1O. The summed E-state index contributed by atoms with van der Waals surface area (Å²) < 4.78 is 7.79. The topological polar surface area (TPSA) is 97.5 Å². The number of halogens is 1. The lowest BCUT2D eigenvalue weighted by molar-refractivity contribution is 0.371. The van der Waals surface area contributed by atoms with Gasteiger partial charge in [0.25, 0.3) is 5.95 Å². The molecule has 0 aliphatic heterocycles. The fourth-order valence-electron chi connectivity index (χ4n) is 2.84. The van der Waals surface area contributed by atoms with E-state index in [4.69, 9.17) is 4.74 Å². The molecule has 2 aromatic carbocycles. The van der Waals surface area contributed by atoms with Gasteiger partial charge in [0.05, 0.1) is 22.4 Å². The van der Waals surface area contributed by atoms with Gasteiger partial charge in [-0.3, -0.25) is 0 Å². The van der Waals surface area contributed by atoms with E-state index in [1.807, 2.05) is 58.5 Å². The Labute approximate surface area is 168 Å². The van der Waals surface area contributed by atoms with Gasteiger partial charge in [-0.2, -0.15) is 10.1 Å². The average Bonchev–Trinajstić information content (AvgIpc) is 2.97. The zero-order valence-corrected chi connectivity index (χ0v) is 16.7. The quantitative estimate of drug-likeness (QED) is 0.268. The highest BCUT2D eigenvalue weighted by Crippen LogP contribution is 2.31. The highest BCUT2D eigenvalue weighted by Gasteiger charge is 2.12. The molecule has 0 fully saturated rings. The minimum Gasteiger partial charge on any atom is -0.504 e. The Kier molecular flexibility index (Phi) is 4.52. The van der Waals surface area contributed by atoms with Gasteiger partial charge < -0.3 is 14.4 Å². The van der Waals surface area contributed by atoms with Crippen LogP contribution in [-0.2, 0) is 7.05 Å². The molecule has 2 N–H and O–H groups in total. The molecule has 0 aliphatic carbocycles. The number of aromatic hydroxyl groups is 1. The van der Waals surface area contributed by atoms with Crippen LogP contribution >= 0.6 is 22.6 Å². The van der Waals surface area contributed by atoms with E-state index in [0.717, 1.165) is 27.6 Å². The van der Waals surface area contributed by atoms with Gasteiger partial charge in [-0.05, 0) is 46.4 Å². The molecule has 0 unspecified atom stereocenters. The first-order chi connectivity index (χ1) is 13.1. The van der Waals surface area contributed by atoms with Crippen LogP contribution in [0.4, 0.5) is 5.95 Å². The third kappa shape index (κ3) is 3.14. The second kappa shape index (κ2) is 6.99. The van der Waals surface area contributed by atoms with Gasteiger partial charge in [-0.15, -0.1) is 10.2 Å². The third-order valence-corrected chi connectivity index (χ3v) is 4.98. The van der Waals surface area contributed by atoms with E-state index in [-0.39, 0.29) is 5.75 Å². The number of hydrazone groups is 1. The molecule has 0 aliphatic rings. The van der Waals surface area contributed by atoms with Crippen LogP contribution in [0.15, 0.2) is 41.5 Å². The molecule has 0 radical (unpaired) electrons. The Hall–Kier alpha value is -2.95. The number of anilines is 1. The van der Waals surface area contributed by atoms with Crippen molar-refractivity contribution in [2.24, 2.45) is 12.1 Å². The molecule has 0 saturated heterocycles. The number of hydrogen-bond acceptors (Lipinski definition) is 7. The molecular weight excluding hydrogens is 459 g/mol. The smallest absolute Gasteiger partial charge is 0.265 e. The standard InChI is InChI=1S/C18H15IN6O2/c1-25-13-6-4-3-5-11(13)15-17(25)21-18(24-22-15)23-20-9-10-7-12(19)16(26)14(8-10)27-2/h3-9,26H,1-2H3,(H,21,23,24)/b20-9+. The highest BCUT2D eigenvalue weighted by atomic mass is 127. The van der Waals surface area contributed by atoms with Crippen LogP contribution in [0.1, 0.15) is 5.56 Å². The Balaban J connectivity index is 1.63. The van der Waals surface area contributed by atoms with Gasteiger partial charge in [-0.1, -0.05) is 18.2 Å². The number of nitrogens with zero attached hydrogens (tertiary/aromatic N) is 5. The zero-order chi connectivity index (χ0) is 19.0. The molecule has 0 amide bonds. The third-order valence-electron chi connectivity index (χ3n) is 4.16. The summed E-state index contributed by atoms with van der Waals surface area (Å²) >= 11 is 2.03. The number of fused-ring (bicyclic) bond motifs is 3. The van der Waals surface area contributed by atoms with Crippen molar-refractivity contribution in [1.29, 1.82) is 0 Å². The van der Waals surface area contributed by atoms with Crippen molar-refractivity contribution in [3.05, 3.63) is 45.5 Å². The maximum atomic E-state index is 9.89. The number of aromatic nitrogens is 4. The maximum Gasteiger partial charge on any atom is 0.265 e. The van der Waals surface area contributed by atoms with Crippen LogP contribution in [-0.4, -0.2) is 38.2 Å². The molecule has 0 atom stereocenters. The first-order valence-electron chi connectivity index (χ1n) is 8.02. The molecule has 2 heterocycles. The van der Waals surface area contributed by atoms with Gasteiger partial charge in [0.2, 0.25) is 0 Å². The van der Waals surface area contributed by atoms with Gasteiger partial charge in [0.15, 0.2) is 17.1 Å². The average molecular weight is 474 g/mol. The number of benzene rings is 2. The minimum absolute atomic E-state index is 0.108. The Morgan fingerprint density at radius 2 is 2.07 bits per heavy atom. The van der Waals surface area contributed by atoms with E-state index in [1.54, 1.807) is 18.3 Å². The molecule has 8 nitrogen and oxygen atoms in total. The maximum absolute atomic E-state index is 9.89. The lowest BCUT2D eigenvalue weighted by atomic mass is 10.2. The fourth-order valence-corrected chi connectivity index (χ4v) is 3.47. The number of hydrogen-bond donors (Lipinski definition) is 2. The monoisotopic (exact) mass is 474 g/mol. The van der Waals surface area contributed by atoms with Crippen molar-refractivity contribution in [2.45, 2.75) is 0 Å². The Morgan fingerprint density at radius 1 is 1.26 bits per heavy atom. The fraction of sp³-hybridized carbons (Fsp3) is 0.111. The minimum atomic E-state index is 0.108. The lowest BCUT2D eigenvalue weighted by Crippen LogP contribution is -2.01. The molecule has 4 rings (SSSR count). The molecule has 9 heteroatoms. The van der Waals surface area contributed by atoms with Gasteiger partial charge in [-0.25, -0.2) is 5.43 Å². The van der Waals surface area contributed by atoms with E-state index in [9.17, 15) is 5.11 Å². The van der Waals surface area contributed by atoms with Crippen LogP contribution in [0.25, 0.3) is 22.1 Å². The number of ether oxygens (including phenoxy) is 1. The van der Waals surface area contributed by atoms with E-state index >= 15 is 0 Å². The van der Waals surface area contributed by atoms with Crippen molar-refractivity contribution >= 4 is 56.8 Å². The Morgan fingerprint density at radius 3 is 2.89 bits per heavy atom. The number of aryl methyl sites for hydroxylation is 1. The van der Waals surface area contributed by atoms with Gasteiger partial charge in [0, 0.05) is 12.4 Å². The summed E-state index contributed by atoms with van der Waals surface area (Å²) in [7, 11) is 3.44. The normalized spacial score (nSPS) is 11.5. The second-order valence-electron chi connectivity index (χ2n) is 5.81. The summed E-state index contributed by atoms with van der Waals surface area (Å²) in [5.74, 6) is 0.792. The number of para-hydroxylation sites is 1. The number of methoxy groups -OCH3 is 1. The number of nitrogens with one attached hydrogen (secondary N) is 1. The summed E-state index contributed by atoms with van der Waals surface area (Å²) in [6, 6.07) is 11.4. The van der Waals surface area contributed by atoms with Crippen molar-refractivity contribution in [1.82, 2.24) is 19.7 Å². The van der Waals surface area contributed by atoms with Crippen LogP contribution < -0.4 is 10.2 Å². The predicted octanol–water partition coefficient (Wildman–Crippen LogP) is 3.28. The molecule has 0 saturated carbocycles. The molecule has 2 aromatic heterocycles. The largest absolute Gasteiger partial charge is 0.504 e. The molecular formula is C18H15IN6O2. The van der Waals surface area contributed by atoms with E-state index in [0.29, 0.717) is 15.3 Å². The van der Waals surface area contributed by atoms with Crippen LogP contribution in [0.5, 0.6) is 11.5 Å². The Bertz CT molecular complexity index is 1190. The van der Waals surface area contributed by atoms with E-state index < -0.39 is 0 Å². The van der Waals surface area contributed by atoms with Crippen LogP contribution in [0, 0.1) is 3.57 Å². The first kappa shape index (κ1) is 17.5. The van der Waals surface area contributed by atoms with Crippen molar-refractivity contribution < 1.29 is 9.84 Å². The molecule has 27 heavy (non-hydrogen) atoms. The lowest BCUT2D eigenvalue weighted by Gasteiger charge is -2.06. The van der Waals surface area contributed by atoms with Crippen LogP contribution in [0.2, 0.25) is 0 Å². The van der Waals surface area contributed by atoms with Gasteiger partial charge in [0.1, 0.15) is 5.52 Å². The van der Waals surface area contributed by atoms with E-state index in [2.05, 4.69) is 25.7 Å². The summed E-state index contributed by atoms with van der Waals surface area (Å²) in [6.07, 6.45) is 1.60.